The van der Waals surface area contributed by atoms with Gasteiger partial charge in [-0.3, -0.25) is 14.8 Å². The van der Waals surface area contributed by atoms with Crippen molar-refractivity contribution in [1.29, 1.82) is 0 Å². The summed E-state index contributed by atoms with van der Waals surface area (Å²) in [5, 5.41) is 11.8. The minimum absolute atomic E-state index is 0.152. The maximum atomic E-state index is 13.0. The number of benzene rings is 2. The van der Waals surface area contributed by atoms with E-state index in [0.717, 1.165) is 11.1 Å². The molecule has 158 valence electrons. The Morgan fingerprint density at radius 3 is 2.23 bits per heavy atom. The van der Waals surface area contributed by atoms with Crippen LogP contribution in [0.2, 0.25) is 0 Å². The smallest absolute Gasteiger partial charge is 0.265 e. The Balaban J connectivity index is 1.71. The van der Waals surface area contributed by atoms with Crippen molar-refractivity contribution in [3.05, 3.63) is 64.6 Å². The number of rotatable bonds is 7. The average molecular weight is 411 g/mol. The van der Waals surface area contributed by atoms with Gasteiger partial charge in [-0.15, -0.1) is 0 Å². The first-order chi connectivity index (χ1) is 14.3. The summed E-state index contributed by atoms with van der Waals surface area (Å²) < 4.78 is 5.84. The summed E-state index contributed by atoms with van der Waals surface area (Å²) in [6, 6.07) is 13.3. The Bertz CT molecular complexity index is 929. The first kappa shape index (κ1) is 21.4. The molecule has 1 saturated heterocycles. The zero-order valence-electron chi connectivity index (χ0n) is 17.2. The molecule has 8 nitrogen and oxygen atoms in total. The van der Waals surface area contributed by atoms with E-state index in [2.05, 4.69) is 5.18 Å². The molecular formula is C22H25N3O5. The molecule has 1 aliphatic heterocycles. The lowest BCUT2D eigenvalue weighted by Gasteiger charge is -2.27. The molecule has 0 radical (unpaired) electrons. The summed E-state index contributed by atoms with van der Waals surface area (Å²) in [4.78, 5) is 36.8. The fraction of sp³-hybridized carbons (Fsp3) is 0.364. The second-order valence-electron chi connectivity index (χ2n) is 7.71. The highest BCUT2D eigenvalue weighted by atomic mass is 16.5. The number of amides is 2. The number of hydrogen-bond donors (Lipinski definition) is 2. The van der Waals surface area contributed by atoms with Crippen LogP contribution in [0, 0.1) is 4.91 Å². The number of hydroxylamine groups is 1. The number of nitroso groups, excluding NO2 is 1. The van der Waals surface area contributed by atoms with Gasteiger partial charge in [0.25, 0.3) is 5.91 Å². The van der Waals surface area contributed by atoms with Crippen molar-refractivity contribution in [2.45, 2.75) is 44.7 Å². The largest absolute Gasteiger partial charge is 0.457 e. The third-order valence-electron chi connectivity index (χ3n) is 5.79. The van der Waals surface area contributed by atoms with Crippen molar-refractivity contribution in [1.82, 2.24) is 10.4 Å². The van der Waals surface area contributed by atoms with Crippen LogP contribution in [0.3, 0.4) is 0 Å². The molecule has 3 rings (SSSR count). The number of likely N-dealkylation sites (tertiary alicyclic amines) is 1. The van der Waals surface area contributed by atoms with Crippen LogP contribution < -0.4 is 10.2 Å². The van der Waals surface area contributed by atoms with Crippen molar-refractivity contribution in [3.8, 4) is 11.5 Å². The summed E-state index contributed by atoms with van der Waals surface area (Å²) in [5.74, 6) is 0.483. The third kappa shape index (κ3) is 4.04. The van der Waals surface area contributed by atoms with Gasteiger partial charge in [-0.25, -0.2) is 5.48 Å². The van der Waals surface area contributed by atoms with Crippen LogP contribution in [0.4, 0.5) is 0 Å². The highest BCUT2D eigenvalue weighted by Gasteiger charge is 2.46. The van der Waals surface area contributed by atoms with Gasteiger partial charge in [-0.2, -0.15) is 4.91 Å². The van der Waals surface area contributed by atoms with E-state index in [9.17, 15) is 14.5 Å². The topological polar surface area (TPSA) is 108 Å². The number of carbonyl (C=O) groups excluding carboxylic acids is 2. The maximum Gasteiger partial charge on any atom is 0.265 e. The predicted octanol–water partition coefficient (Wildman–Crippen LogP) is 3.69. The Hall–Kier alpha value is -3.26. The molecule has 2 N–H and O–H groups in total. The summed E-state index contributed by atoms with van der Waals surface area (Å²) >= 11 is 0. The number of nitrogens with zero attached hydrogens (tertiary/aromatic N) is 2. The Morgan fingerprint density at radius 1 is 1.13 bits per heavy atom. The van der Waals surface area contributed by atoms with E-state index in [4.69, 9.17) is 9.94 Å². The molecule has 0 spiro atoms. The van der Waals surface area contributed by atoms with E-state index in [1.807, 2.05) is 19.1 Å². The van der Waals surface area contributed by atoms with Crippen LogP contribution in [0.5, 0.6) is 11.5 Å². The lowest BCUT2D eigenvalue weighted by molar-refractivity contribution is -0.143. The van der Waals surface area contributed by atoms with Crippen LogP contribution in [-0.4, -0.2) is 34.5 Å². The van der Waals surface area contributed by atoms with Gasteiger partial charge in [0.1, 0.15) is 23.6 Å². The minimum atomic E-state index is -0.748. The summed E-state index contributed by atoms with van der Waals surface area (Å²) in [6.45, 7) is 5.60. The monoisotopic (exact) mass is 411 g/mol. The van der Waals surface area contributed by atoms with E-state index in [-0.39, 0.29) is 5.91 Å². The van der Waals surface area contributed by atoms with Gasteiger partial charge in [0.15, 0.2) is 0 Å². The second kappa shape index (κ2) is 8.62. The van der Waals surface area contributed by atoms with E-state index in [1.54, 1.807) is 55.7 Å². The summed E-state index contributed by atoms with van der Waals surface area (Å²) in [5.41, 5.74) is 2.50. The molecular weight excluding hydrogens is 386 g/mol. The fourth-order valence-electron chi connectivity index (χ4n) is 3.64. The molecule has 3 atom stereocenters. The van der Waals surface area contributed by atoms with Crippen LogP contribution in [0.15, 0.2) is 53.7 Å². The van der Waals surface area contributed by atoms with Gasteiger partial charge in [-0.1, -0.05) is 29.4 Å². The Labute approximate surface area is 174 Å². The SMILES string of the molecule is CC(N=O)c1ccc(Oc2ccc(C3(C)CCN(C(C)C(=O)NO)C3=O)cc2)cc1. The van der Waals surface area contributed by atoms with Gasteiger partial charge in [0, 0.05) is 6.54 Å². The predicted molar refractivity (Wildman–Crippen MR) is 110 cm³/mol. The van der Waals surface area contributed by atoms with Gasteiger partial charge in [0.2, 0.25) is 5.91 Å². The van der Waals surface area contributed by atoms with Crippen LogP contribution >= 0.6 is 0 Å². The van der Waals surface area contributed by atoms with Crippen molar-refractivity contribution >= 4 is 11.8 Å². The second-order valence-corrected chi connectivity index (χ2v) is 7.71. The number of nitrogens with one attached hydrogen (secondary N) is 1. The zero-order valence-corrected chi connectivity index (χ0v) is 17.2. The molecule has 1 heterocycles. The average Bonchev–Trinajstić information content (AvgIpc) is 3.08. The van der Waals surface area contributed by atoms with Crippen LogP contribution in [0.1, 0.15) is 44.4 Å². The Kier molecular flexibility index (Phi) is 6.17. The van der Waals surface area contributed by atoms with Gasteiger partial charge < -0.3 is 9.64 Å². The molecule has 8 heteroatoms. The van der Waals surface area contributed by atoms with Crippen LogP contribution in [0.25, 0.3) is 0 Å². The highest BCUT2D eigenvalue weighted by molar-refractivity contribution is 5.94. The van der Waals surface area contributed by atoms with Gasteiger partial charge in [0.05, 0.1) is 5.41 Å². The summed E-state index contributed by atoms with van der Waals surface area (Å²) in [7, 11) is 0. The van der Waals surface area contributed by atoms with Crippen molar-refractivity contribution in [2.75, 3.05) is 6.54 Å². The maximum absolute atomic E-state index is 13.0. The lowest BCUT2D eigenvalue weighted by atomic mass is 9.81. The normalized spacial score (nSPS) is 20.5. The number of hydrogen-bond acceptors (Lipinski definition) is 6. The summed E-state index contributed by atoms with van der Waals surface area (Å²) in [6.07, 6.45) is 0.569. The minimum Gasteiger partial charge on any atom is -0.457 e. The van der Waals surface area contributed by atoms with Gasteiger partial charge in [-0.05, 0) is 62.6 Å². The highest BCUT2D eigenvalue weighted by Crippen LogP contribution is 2.37. The Morgan fingerprint density at radius 2 is 1.70 bits per heavy atom. The molecule has 30 heavy (non-hydrogen) atoms. The molecule has 0 saturated carbocycles. The van der Waals surface area contributed by atoms with E-state index < -0.39 is 23.4 Å². The molecule has 2 aromatic carbocycles. The standard InChI is InChI=1S/C22H25N3O5/c1-14(23-28)16-4-8-18(9-5-16)30-19-10-6-17(7-11-19)22(3)12-13-25(21(22)27)15(2)20(26)24-29/h4-11,14-15,29H,12-13H2,1-3H3,(H,24,26). The van der Waals surface area contributed by atoms with Crippen molar-refractivity contribution in [2.24, 2.45) is 5.18 Å². The number of ether oxygens (including phenoxy) is 1. The van der Waals surface area contributed by atoms with Crippen LogP contribution in [-0.2, 0) is 15.0 Å². The molecule has 2 aromatic rings. The first-order valence-corrected chi connectivity index (χ1v) is 9.76. The van der Waals surface area contributed by atoms with Gasteiger partial charge >= 0.3 is 0 Å². The zero-order chi connectivity index (χ0) is 21.9. The van der Waals surface area contributed by atoms with E-state index in [0.29, 0.717) is 24.5 Å². The first-order valence-electron chi connectivity index (χ1n) is 9.76. The third-order valence-corrected chi connectivity index (χ3v) is 5.79. The lowest BCUT2D eigenvalue weighted by Crippen LogP contribution is -2.47. The molecule has 0 aromatic heterocycles. The van der Waals surface area contributed by atoms with E-state index >= 15 is 0 Å². The van der Waals surface area contributed by atoms with Crippen molar-refractivity contribution in [3.63, 3.8) is 0 Å². The molecule has 3 unspecified atom stereocenters. The van der Waals surface area contributed by atoms with Crippen molar-refractivity contribution < 1.29 is 19.5 Å². The molecule has 0 bridgehead atoms. The fourth-order valence-corrected chi connectivity index (χ4v) is 3.64. The molecule has 1 aliphatic rings. The van der Waals surface area contributed by atoms with E-state index in [1.165, 1.54) is 4.90 Å². The molecule has 0 aliphatic carbocycles. The number of carbonyl (C=O) groups is 2. The quantitative estimate of drug-likeness (QED) is 0.410. The molecule has 1 fully saturated rings. The molecule has 2 amide bonds.